The van der Waals surface area contributed by atoms with Gasteiger partial charge >= 0.3 is 0 Å². The lowest BCUT2D eigenvalue weighted by molar-refractivity contribution is -0.0568. The second-order valence-electron chi connectivity index (χ2n) is 4.81. The molecule has 1 aromatic rings. The predicted octanol–water partition coefficient (Wildman–Crippen LogP) is 2.73. The molecule has 2 N–H and O–H groups in total. The van der Waals surface area contributed by atoms with Crippen LogP contribution in [0.2, 0.25) is 0 Å². The second-order valence-corrected chi connectivity index (χ2v) is 4.81. The van der Waals surface area contributed by atoms with Crippen LogP contribution >= 0.6 is 0 Å². The van der Waals surface area contributed by atoms with E-state index in [1.165, 1.54) is 0 Å². The number of imidazole rings is 1. The normalized spacial score (nSPS) is 25.8. The van der Waals surface area contributed by atoms with Crippen molar-refractivity contribution in [3.63, 3.8) is 0 Å². The van der Waals surface area contributed by atoms with Crippen LogP contribution in [0.15, 0.2) is 12.4 Å². The molecule has 0 amide bonds. The number of aromatic nitrogens is 2. The number of halogens is 2. The number of nitrogens with zero attached hydrogens (tertiary/aromatic N) is 2. The highest BCUT2D eigenvalue weighted by Crippen LogP contribution is 2.40. The predicted molar refractivity (Wildman–Crippen MR) is 61.7 cm³/mol. The quantitative estimate of drug-likeness (QED) is 0.887. The van der Waals surface area contributed by atoms with Crippen LogP contribution in [0, 0.1) is 5.92 Å². The highest BCUT2D eigenvalue weighted by molar-refractivity contribution is 5.02. The topological polar surface area (TPSA) is 43.8 Å². The van der Waals surface area contributed by atoms with E-state index in [1.54, 1.807) is 6.20 Å². The molecule has 2 atom stereocenters. The SMILES string of the molecule is CCn1ccnc1C(N)C1CCCC(F)(F)C1. The first-order chi connectivity index (χ1) is 8.03. The van der Waals surface area contributed by atoms with Crippen molar-refractivity contribution in [2.24, 2.45) is 11.7 Å². The molecule has 1 saturated carbocycles. The first kappa shape index (κ1) is 12.5. The van der Waals surface area contributed by atoms with Crippen molar-refractivity contribution in [1.82, 2.24) is 9.55 Å². The Morgan fingerprint density at radius 3 is 3.06 bits per heavy atom. The first-order valence-corrected chi connectivity index (χ1v) is 6.18. The Hall–Kier alpha value is -0.970. The molecule has 2 unspecified atom stereocenters. The highest BCUT2D eigenvalue weighted by Gasteiger charge is 2.39. The molecular formula is C12H19F2N3. The van der Waals surface area contributed by atoms with Gasteiger partial charge in [-0.25, -0.2) is 13.8 Å². The molecule has 17 heavy (non-hydrogen) atoms. The third-order valence-electron chi connectivity index (χ3n) is 3.57. The standard InChI is InChI=1S/C12H19F2N3/c1-2-17-7-6-16-11(17)10(15)9-4-3-5-12(13,14)8-9/h6-7,9-10H,2-5,8,15H2,1H3. The minimum Gasteiger partial charge on any atom is -0.334 e. The zero-order valence-electron chi connectivity index (χ0n) is 10.1. The average molecular weight is 243 g/mol. The zero-order valence-corrected chi connectivity index (χ0v) is 10.1. The monoisotopic (exact) mass is 243 g/mol. The highest BCUT2D eigenvalue weighted by atomic mass is 19.3. The van der Waals surface area contributed by atoms with Gasteiger partial charge in [-0.15, -0.1) is 0 Å². The van der Waals surface area contributed by atoms with Crippen molar-refractivity contribution >= 4 is 0 Å². The van der Waals surface area contributed by atoms with Crippen molar-refractivity contribution < 1.29 is 8.78 Å². The van der Waals surface area contributed by atoms with Gasteiger partial charge in [0, 0.05) is 31.8 Å². The van der Waals surface area contributed by atoms with Crippen LogP contribution in [0.1, 0.15) is 44.5 Å². The van der Waals surface area contributed by atoms with E-state index in [0.29, 0.717) is 6.42 Å². The Morgan fingerprint density at radius 2 is 2.41 bits per heavy atom. The van der Waals surface area contributed by atoms with Crippen molar-refractivity contribution in [1.29, 1.82) is 0 Å². The van der Waals surface area contributed by atoms with Gasteiger partial charge in [-0.05, 0) is 25.7 Å². The molecular weight excluding hydrogens is 224 g/mol. The lowest BCUT2D eigenvalue weighted by atomic mass is 9.82. The molecule has 1 fully saturated rings. The average Bonchev–Trinajstić information content (AvgIpc) is 2.74. The van der Waals surface area contributed by atoms with E-state index in [-0.39, 0.29) is 24.8 Å². The van der Waals surface area contributed by atoms with Gasteiger partial charge in [-0.2, -0.15) is 0 Å². The molecule has 1 aromatic heterocycles. The molecule has 1 heterocycles. The van der Waals surface area contributed by atoms with Gasteiger partial charge in [0.1, 0.15) is 5.82 Å². The maximum atomic E-state index is 13.4. The first-order valence-electron chi connectivity index (χ1n) is 6.18. The number of nitrogens with two attached hydrogens (primary N) is 1. The Labute approximate surface area is 100 Å². The number of rotatable bonds is 3. The van der Waals surface area contributed by atoms with E-state index >= 15 is 0 Å². The summed E-state index contributed by atoms with van der Waals surface area (Å²) in [6, 6.07) is -0.379. The number of hydrogen-bond donors (Lipinski definition) is 1. The molecule has 0 radical (unpaired) electrons. The van der Waals surface area contributed by atoms with E-state index in [1.807, 2.05) is 17.7 Å². The van der Waals surface area contributed by atoms with Crippen LogP contribution in [0.4, 0.5) is 8.78 Å². The minimum atomic E-state index is -2.55. The van der Waals surface area contributed by atoms with Crippen molar-refractivity contribution in [2.45, 2.75) is 51.1 Å². The molecule has 1 aliphatic carbocycles. The van der Waals surface area contributed by atoms with Crippen molar-refractivity contribution in [3.05, 3.63) is 18.2 Å². The molecule has 96 valence electrons. The molecule has 0 aromatic carbocycles. The van der Waals surface area contributed by atoms with E-state index in [0.717, 1.165) is 18.8 Å². The van der Waals surface area contributed by atoms with Crippen LogP contribution < -0.4 is 5.73 Å². The molecule has 1 aliphatic rings. The van der Waals surface area contributed by atoms with E-state index in [9.17, 15) is 8.78 Å². The second kappa shape index (κ2) is 4.72. The van der Waals surface area contributed by atoms with Gasteiger partial charge in [0.2, 0.25) is 5.92 Å². The number of hydrogen-bond acceptors (Lipinski definition) is 2. The summed E-state index contributed by atoms with van der Waals surface area (Å²) >= 11 is 0. The van der Waals surface area contributed by atoms with Crippen molar-refractivity contribution in [3.8, 4) is 0 Å². The fourth-order valence-electron chi connectivity index (χ4n) is 2.61. The van der Waals surface area contributed by atoms with Crippen LogP contribution in [-0.4, -0.2) is 15.5 Å². The summed E-state index contributed by atoms with van der Waals surface area (Å²) in [5.41, 5.74) is 6.10. The van der Waals surface area contributed by atoms with Gasteiger partial charge in [0.15, 0.2) is 0 Å². The number of aryl methyl sites for hydroxylation is 1. The summed E-state index contributed by atoms with van der Waals surface area (Å²) in [4.78, 5) is 4.20. The van der Waals surface area contributed by atoms with E-state index < -0.39 is 5.92 Å². The van der Waals surface area contributed by atoms with Crippen LogP contribution in [-0.2, 0) is 6.54 Å². The van der Waals surface area contributed by atoms with Gasteiger partial charge in [-0.1, -0.05) is 0 Å². The molecule has 3 nitrogen and oxygen atoms in total. The molecule has 2 rings (SSSR count). The lowest BCUT2D eigenvalue weighted by Crippen LogP contribution is -2.34. The fourth-order valence-corrected chi connectivity index (χ4v) is 2.61. The van der Waals surface area contributed by atoms with Crippen LogP contribution in [0.5, 0.6) is 0 Å². The summed E-state index contributed by atoms with van der Waals surface area (Å²) < 4.78 is 28.6. The Morgan fingerprint density at radius 1 is 1.65 bits per heavy atom. The van der Waals surface area contributed by atoms with Crippen LogP contribution in [0.25, 0.3) is 0 Å². The van der Waals surface area contributed by atoms with Gasteiger partial charge in [0.25, 0.3) is 0 Å². The summed E-state index contributed by atoms with van der Waals surface area (Å²) in [6.45, 7) is 2.76. The summed E-state index contributed by atoms with van der Waals surface area (Å²) in [5, 5.41) is 0. The minimum absolute atomic E-state index is 0.00155. The largest absolute Gasteiger partial charge is 0.334 e. The fraction of sp³-hybridized carbons (Fsp3) is 0.750. The Bertz CT molecular complexity index is 376. The Balaban J connectivity index is 2.12. The smallest absolute Gasteiger partial charge is 0.248 e. The third-order valence-corrected chi connectivity index (χ3v) is 3.57. The summed E-state index contributed by atoms with van der Waals surface area (Å²) in [6.07, 6.45) is 4.74. The molecule has 0 bridgehead atoms. The van der Waals surface area contributed by atoms with E-state index in [4.69, 9.17) is 5.73 Å². The molecule has 5 heteroatoms. The van der Waals surface area contributed by atoms with Gasteiger partial charge < -0.3 is 10.3 Å². The zero-order chi connectivity index (χ0) is 12.5. The third kappa shape index (κ3) is 2.65. The van der Waals surface area contributed by atoms with Crippen LogP contribution in [0.3, 0.4) is 0 Å². The summed E-state index contributed by atoms with van der Waals surface area (Å²) in [7, 11) is 0. The van der Waals surface area contributed by atoms with Gasteiger partial charge in [-0.3, -0.25) is 0 Å². The van der Waals surface area contributed by atoms with Gasteiger partial charge in [0.05, 0.1) is 6.04 Å². The molecule has 0 spiro atoms. The lowest BCUT2D eigenvalue weighted by Gasteiger charge is -2.32. The Kier molecular flexibility index (Phi) is 3.47. The maximum absolute atomic E-state index is 13.4. The maximum Gasteiger partial charge on any atom is 0.248 e. The summed E-state index contributed by atoms with van der Waals surface area (Å²) in [5.74, 6) is -1.98. The van der Waals surface area contributed by atoms with E-state index in [2.05, 4.69) is 4.98 Å². The molecule has 0 aliphatic heterocycles. The van der Waals surface area contributed by atoms with Crippen molar-refractivity contribution in [2.75, 3.05) is 0 Å². The number of alkyl halides is 2. The molecule has 0 saturated heterocycles.